The van der Waals surface area contributed by atoms with Gasteiger partial charge in [0.2, 0.25) is 0 Å². The Morgan fingerprint density at radius 1 is 1.05 bits per heavy atom. The summed E-state index contributed by atoms with van der Waals surface area (Å²) in [7, 11) is 0. The molecule has 0 amide bonds. The van der Waals surface area contributed by atoms with Gasteiger partial charge in [-0.15, -0.1) is 5.10 Å². The number of aromatic nitrogens is 3. The van der Waals surface area contributed by atoms with E-state index in [4.69, 9.17) is 5.11 Å². The van der Waals surface area contributed by atoms with Gasteiger partial charge in [-0.3, -0.25) is 0 Å². The van der Waals surface area contributed by atoms with Crippen LogP contribution in [0.3, 0.4) is 0 Å². The van der Waals surface area contributed by atoms with Crippen LogP contribution in [-0.4, -0.2) is 39.2 Å². The zero-order valence-corrected chi connectivity index (χ0v) is 11.1. The Kier molecular flexibility index (Phi) is 3.37. The lowest BCUT2D eigenvalue weighted by molar-refractivity contribution is 0.0690. The summed E-state index contributed by atoms with van der Waals surface area (Å²) in [6.07, 6.45) is 5.21. The minimum absolute atomic E-state index is 0.0508. The fraction of sp³-hybridized carbons (Fsp3) is 0.357. The van der Waals surface area contributed by atoms with Crippen LogP contribution in [0.2, 0.25) is 0 Å². The van der Waals surface area contributed by atoms with E-state index in [-0.39, 0.29) is 5.69 Å². The topological polar surface area (TPSA) is 71.2 Å². The van der Waals surface area contributed by atoms with Gasteiger partial charge in [0.25, 0.3) is 0 Å². The molecule has 20 heavy (non-hydrogen) atoms. The van der Waals surface area contributed by atoms with Gasteiger partial charge in [0.15, 0.2) is 5.69 Å². The molecule has 104 valence electrons. The summed E-state index contributed by atoms with van der Waals surface area (Å²) in [5, 5.41) is 16.3. The number of benzene rings is 1. The standard InChI is InChI=1S/C14H16N4O2/c19-14(20)13-10-18(16-15-13)12-6-4-11(5-7-12)17-8-2-1-3-9-17/h4-7,10H,1-3,8-9H2,(H,19,20). The molecule has 6 heteroatoms. The van der Waals surface area contributed by atoms with E-state index in [1.807, 2.05) is 24.3 Å². The molecule has 0 radical (unpaired) electrons. The van der Waals surface area contributed by atoms with E-state index in [2.05, 4.69) is 15.2 Å². The van der Waals surface area contributed by atoms with Crippen LogP contribution in [0.25, 0.3) is 5.69 Å². The average Bonchev–Trinajstić information content (AvgIpc) is 2.98. The highest BCUT2D eigenvalue weighted by Crippen LogP contribution is 2.21. The minimum atomic E-state index is -1.07. The molecule has 0 bridgehead atoms. The molecule has 0 atom stereocenters. The summed E-state index contributed by atoms with van der Waals surface area (Å²) in [6, 6.07) is 7.96. The highest BCUT2D eigenvalue weighted by molar-refractivity contribution is 5.84. The van der Waals surface area contributed by atoms with E-state index >= 15 is 0 Å². The molecule has 1 saturated heterocycles. The van der Waals surface area contributed by atoms with E-state index in [1.54, 1.807) is 0 Å². The number of nitrogens with zero attached hydrogens (tertiary/aromatic N) is 4. The van der Waals surface area contributed by atoms with Crippen molar-refractivity contribution in [3.63, 3.8) is 0 Å². The molecule has 1 N–H and O–H groups in total. The molecule has 1 aliphatic rings. The predicted octanol–water partition coefficient (Wildman–Crippen LogP) is 1.96. The van der Waals surface area contributed by atoms with Crippen LogP contribution in [0.5, 0.6) is 0 Å². The van der Waals surface area contributed by atoms with Gasteiger partial charge in [0.1, 0.15) is 0 Å². The first-order valence-electron chi connectivity index (χ1n) is 6.75. The molecule has 0 unspecified atom stereocenters. The van der Waals surface area contributed by atoms with Crippen molar-refractivity contribution < 1.29 is 9.90 Å². The van der Waals surface area contributed by atoms with Crippen LogP contribution in [0.4, 0.5) is 5.69 Å². The second kappa shape index (κ2) is 5.32. The highest BCUT2D eigenvalue weighted by Gasteiger charge is 2.12. The van der Waals surface area contributed by atoms with Crippen molar-refractivity contribution in [3.05, 3.63) is 36.2 Å². The fourth-order valence-electron chi connectivity index (χ4n) is 2.46. The van der Waals surface area contributed by atoms with Crippen LogP contribution in [-0.2, 0) is 0 Å². The van der Waals surface area contributed by atoms with Crippen molar-refractivity contribution in [1.82, 2.24) is 15.0 Å². The number of rotatable bonds is 3. The van der Waals surface area contributed by atoms with Crippen LogP contribution in [0, 0.1) is 0 Å². The molecule has 1 aliphatic heterocycles. The minimum Gasteiger partial charge on any atom is -0.476 e. The highest BCUT2D eigenvalue weighted by atomic mass is 16.4. The molecule has 2 heterocycles. The third-order valence-corrected chi connectivity index (χ3v) is 3.55. The number of hydrogen-bond donors (Lipinski definition) is 1. The number of hydrogen-bond acceptors (Lipinski definition) is 4. The second-order valence-corrected chi connectivity index (χ2v) is 4.92. The Bertz CT molecular complexity index is 600. The molecule has 0 aliphatic carbocycles. The van der Waals surface area contributed by atoms with Gasteiger partial charge in [0, 0.05) is 18.8 Å². The van der Waals surface area contributed by atoms with Crippen LogP contribution < -0.4 is 4.90 Å². The van der Waals surface area contributed by atoms with E-state index in [0.29, 0.717) is 0 Å². The summed E-state index contributed by atoms with van der Waals surface area (Å²) in [5.41, 5.74) is 1.96. The molecule has 6 nitrogen and oxygen atoms in total. The van der Waals surface area contributed by atoms with Gasteiger partial charge in [-0.05, 0) is 43.5 Å². The normalized spacial score (nSPS) is 15.3. The van der Waals surface area contributed by atoms with E-state index < -0.39 is 5.97 Å². The van der Waals surface area contributed by atoms with Gasteiger partial charge in [0.05, 0.1) is 11.9 Å². The molecule has 3 rings (SSSR count). The van der Waals surface area contributed by atoms with Gasteiger partial charge >= 0.3 is 5.97 Å². The molecule has 2 aromatic rings. The first kappa shape index (κ1) is 12.7. The predicted molar refractivity (Wildman–Crippen MR) is 74.4 cm³/mol. The van der Waals surface area contributed by atoms with Gasteiger partial charge in [-0.25, -0.2) is 9.48 Å². The van der Waals surface area contributed by atoms with Crippen molar-refractivity contribution in [2.75, 3.05) is 18.0 Å². The summed E-state index contributed by atoms with van der Waals surface area (Å²) < 4.78 is 1.48. The monoisotopic (exact) mass is 272 g/mol. The number of aromatic carboxylic acids is 1. The van der Waals surface area contributed by atoms with E-state index in [9.17, 15) is 4.79 Å². The smallest absolute Gasteiger partial charge is 0.358 e. The molecular formula is C14H16N4O2. The van der Waals surface area contributed by atoms with Crippen molar-refractivity contribution >= 4 is 11.7 Å². The number of carbonyl (C=O) groups is 1. The summed E-state index contributed by atoms with van der Waals surface area (Å²) >= 11 is 0. The van der Waals surface area contributed by atoms with Crippen LogP contribution in [0.1, 0.15) is 29.8 Å². The molecule has 0 saturated carbocycles. The second-order valence-electron chi connectivity index (χ2n) is 4.92. The molecule has 1 aromatic carbocycles. The number of piperidine rings is 1. The number of carboxylic acid groups (broad SMARTS) is 1. The van der Waals surface area contributed by atoms with Crippen molar-refractivity contribution in [2.45, 2.75) is 19.3 Å². The lowest BCUT2D eigenvalue weighted by atomic mass is 10.1. The maximum Gasteiger partial charge on any atom is 0.358 e. The molecule has 0 spiro atoms. The number of anilines is 1. The van der Waals surface area contributed by atoms with Gasteiger partial charge in [-0.1, -0.05) is 5.21 Å². The Morgan fingerprint density at radius 3 is 2.30 bits per heavy atom. The summed E-state index contributed by atoms with van der Waals surface area (Å²) in [4.78, 5) is 13.2. The maximum atomic E-state index is 10.8. The first-order valence-corrected chi connectivity index (χ1v) is 6.75. The van der Waals surface area contributed by atoms with Crippen molar-refractivity contribution in [3.8, 4) is 5.69 Å². The third kappa shape index (κ3) is 2.49. The first-order chi connectivity index (χ1) is 9.74. The average molecular weight is 272 g/mol. The lowest BCUT2D eigenvalue weighted by Gasteiger charge is -2.28. The molecule has 1 aromatic heterocycles. The van der Waals surface area contributed by atoms with E-state index in [0.717, 1.165) is 18.8 Å². The van der Waals surface area contributed by atoms with Crippen LogP contribution in [0.15, 0.2) is 30.5 Å². The maximum absolute atomic E-state index is 10.8. The zero-order valence-electron chi connectivity index (χ0n) is 11.1. The quantitative estimate of drug-likeness (QED) is 0.924. The summed E-state index contributed by atoms with van der Waals surface area (Å²) in [5.74, 6) is -1.07. The van der Waals surface area contributed by atoms with Crippen molar-refractivity contribution in [1.29, 1.82) is 0 Å². The SMILES string of the molecule is O=C(O)c1cn(-c2ccc(N3CCCCC3)cc2)nn1. The summed E-state index contributed by atoms with van der Waals surface area (Å²) in [6.45, 7) is 2.21. The lowest BCUT2D eigenvalue weighted by Crippen LogP contribution is -2.29. The number of carboxylic acids is 1. The zero-order chi connectivity index (χ0) is 13.9. The molecule has 1 fully saturated rings. The largest absolute Gasteiger partial charge is 0.476 e. The van der Waals surface area contributed by atoms with Gasteiger partial charge in [-0.2, -0.15) is 0 Å². The van der Waals surface area contributed by atoms with Crippen LogP contribution >= 0.6 is 0 Å². The van der Waals surface area contributed by atoms with Gasteiger partial charge < -0.3 is 10.0 Å². The Labute approximate surface area is 116 Å². The van der Waals surface area contributed by atoms with Crippen molar-refractivity contribution in [2.24, 2.45) is 0 Å². The van der Waals surface area contributed by atoms with E-state index in [1.165, 1.54) is 35.8 Å². The Morgan fingerprint density at radius 2 is 1.70 bits per heavy atom. The molecular weight excluding hydrogens is 256 g/mol. The Balaban J connectivity index is 1.79. The third-order valence-electron chi connectivity index (χ3n) is 3.55. The Hall–Kier alpha value is -2.37. The fourth-order valence-corrected chi connectivity index (χ4v) is 2.46.